The minimum absolute atomic E-state index is 0.230. The van der Waals surface area contributed by atoms with Crippen LogP contribution in [0.2, 0.25) is 0 Å². The molecule has 0 aliphatic carbocycles. The molecule has 0 fully saturated rings. The van der Waals surface area contributed by atoms with Crippen LogP contribution in [0, 0.1) is 5.92 Å². The van der Waals surface area contributed by atoms with Gasteiger partial charge in [-0.15, -0.1) is 0 Å². The summed E-state index contributed by atoms with van der Waals surface area (Å²) >= 11 is 0. The van der Waals surface area contributed by atoms with Gasteiger partial charge in [-0.3, -0.25) is 0 Å². The van der Waals surface area contributed by atoms with Crippen molar-refractivity contribution in [3.63, 3.8) is 0 Å². The van der Waals surface area contributed by atoms with Crippen molar-refractivity contribution in [1.29, 1.82) is 0 Å². The fourth-order valence-electron chi connectivity index (χ4n) is 1.78. The molecule has 4 nitrogen and oxygen atoms in total. The molecule has 2 atom stereocenters. The van der Waals surface area contributed by atoms with Crippen LogP contribution in [0.25, 0.3) is 0 Å². The van der Waals surface area contributed by atoms with Gasteiger partial charge in [0.05, 0.1) is 14.2 Å². The fraction of sp³-hybridized carbons (Fsp3) is 0.600. The summed E-state index contributed by atoms with van der Waals surface area (Å²) < 4.78 is 10.5. The van der Waals surface area contributed by atoms with Gasteiger partial charge in [0.1, 0.15) is 0 Å². The smallest absolute Gasteiger partial charge is 0.160 e. The van der Waals surface area contributed by atoms with E-state index in [-0.39, 0.29) is 6.04 Å². The van der Waals surface area contributed by atoms with Crippen LogP contribution in [0.1, 0.15) is 19.4 Å². The standard InChI is InChI=1S/C15H26N2O2/c1-11(12(2)16)10-17-8-7-13-5-6-14(18-3)15(9-13)19-4/h5-6,9,11-12,17H,7-8,10,16H2,1-4H3. The Labute approximate surface area is 116 Å². The van der Waals surface area contributed by atoms with Crippen molar-refractivity contribution >= 4 is 0 Å². The number of rotatable bonds is 8. The Hall–Kier alpha value is -1.26. The topological polar surface area (TPSA) is 56.5 Å². The van der Waals surface area contributed by atoms with E-state index in [4.69, 9.17) is 15.2 Å². The van der Waals surface area contributed by atoms with E-state index in [0.29, 0.717) is 5.92 Å². The van der Waals surface area contributed by atoms with Crippen LogP contribution in [0.5, 0.6) is 11.5 Å². The molecule has 4 heteroatoms. The van der Waals surface area contributed by atoms with E-state index >= 15 is 0 Å². The van der Waals surface area contributed by atoms with Crippen LogP contribution >= 0.6 is 0 Å². The number of nitrogens with two attached hydrogens (primary N) is 1. The molecule has 0 heterocycles. The van der Waals surface area contributed by atoms with Crippen LogP contribution < -0.4 is 20.5 Å². The van der Waals surface area contributed by atoms with E-state index in [1.54, 1.807) is 14.2 Å². The molecule has 0 aromatic heterocycles. The average Bonchev–Trinajstić information content (AvgIpc) is 2.42. The zero-order chi connectivity index (χ0) is 14.3. The lowest BCUT2D eigenvalue weighted by atomic mass is 10.0. The monoisotopic (exact) mass is 266 g/mol. The van der Waals surface area contributed by atoms with Gasteiger partial charge in [-0.05, 0) is 50.0 Å². The van der Waals surface area contributed by atoms with E-state index in [0.717, 1.165) is 31.0 Å². The molecule has 0 saturated heterocycles. The van der Waals surface area contributed by atoms with E-state index in [1.165, 1.54) is 5.56 Å². The summed E-state index contributed by atoms with van der Waals surface area (Å²) in [6.07, 6.45) is 0.964. The molecule has 0 aliphatic heterocycles. The average molecular weight is 266 g/mol. The summed E-state index contributed by atoms with van der Waals surface area (Å²) in [7, 11) is 3.30. The first-order valence-electron chi connectivity index (χ1n) is 6.75. The largest absolute Gasteiger partial charge is 0.493 e. The molecule has 0 radical (unpaired) electrons. The maximum Gasteiger partial charge on any atom is 0.160 e. The molecule has 108 valence electrons. The maximum absolute atomic E-state index is 5.83. The van der Waals surface area contributed by atoms with Gasteiger partial charge in [0.25, 0.3) is 0 Å². The van der Waals surface area contributed by atoms with Gasteiger partial charge in [0.15, 0.2) is 11.5 Å². The van der Waals surface area contributed by atoms with Gasteiger partial charge in [-0.1, -0.05) is 13.0 Å². The lowest BCUT2D eigenvalue weighted by Crippen LogP contribution is -2.33. The van der Waals surface area contributed by atoms with Crippen LogP contribution in [0.15, 0.2) is 18.2 Å². The van der Waals surface area contributed by atoms with Gasteiger partial charge in [0.2, 0.25) is 0 Å². The summed E-state index contributed by atoms with van der Waals surface area (Å²) in [5.41, 5.74) is 7.06. The Kier molecular flexibility index (Phi) is 6.67. The number of nitrogens with one attached hydrogen (secondary N) is 1. The second-order valence-corrected chi connectivity index (χ2v) is 4.98. The highest BCUT2D eigenvalue weighted by molar-refractivity contribution is 5.42. The zero-order valence-corrected chi connectivity index (χ0v) is 12.4. The molecule has 0 saturated carbocycles. The van der Waals surface area contributed by atoms with E-state index < -0.39 is 0 Å². The first-order valence-corrected chi connectivity index (χ1v) is 6.75. The molecule has 1 aromatic carbocycles. The summed E-state index contributed by atoms with van der Waals surface area (Å²) in [6.45, 7) is 6.09. The third kappa shape index (κ3) is 5.09. The molecule has 19 heavy (non-hydrogen) atoms. The highest BCUT2D eigenvalue weighted by atomic mass is 16.5. The van der Waals surface area contributed by atoms with Gasteiger partial charge in [-0.25, -0.2) is 0 Å². The van der Waals surface area contributed by atoms with Gasteiger partial charge in [-0.2, -0.15) is 0 Å². The lowest BCUT2D eigenvalue weighted by Gasteiger charge is -2.16. The number of methoxy groups -OCH3 is 2. The minimum Gasteiger partial charge on any atom is -0.493 e. The molecule has 2 unspecified atom stereocenters. The molecule has 0 spiro atoms. The Morgan fingerprint density at radius 1 is 1.16 bits per heavy atom. The van der Waals surface area contributed by atoms with Gasteiger partial charge < -0.3 is 20.5 Å². The maximum atomic E-state index is 5.83. The zero-order valence-electron chi connectivity index (χ0n) is 12.4. The first-order chi connectivity index (χ1) is 9.08. The molecule has 0 aliphatic rings. The second kappa shape index (κ2) is 8.02. The Morgan fingerprint density at radius 2 is 1.84 bits per heavy atom. The number of ether oxygens (including phenoxy) is 2. The van der Waals surface area contributed by atoms with Crippen LogP contribution in [0.4, 0.5) is 0 Å². The molecule has 3 N–H and O–H groups in total. The van der Waals surface area contributed by atoms with Crippen molar-refractivity contribution in [3.8, 4) is 11.5 Å². The molecule has 1 rings (SSSR count). The predicted octanol–water partition coefficient (Wildman–Crippen LogP) is 1.82. The van der Waals surface area contributed by atoms with Crippen molar-refractivity contribution in [2.75, 3.05) is 27.3 Å². The number of hydrogen-bond donors (Lipinski definition) is 2. The summed E-state index contributed by atoms with van der Waals surface area (Å²) in [4.78, 5) is 0. The number of hydrogen-bond acceptors (Lipinski definition) is 4. The van der Waals surface area contributed by atoms with E-state index in [1.807, 2.05) is 19.1 Å². The summed E-state index contributed by atoms with van der Waals surface area (Å²) in [5.74, 6) is 2.04. The molecular weight excluding hydrogens is 240 g/mol. The van der Waals surface area contributed by atoms with Crippen molar-refractivity contribution < 1.29 is 9.47 Å². The summed E-state index contributed by atoms with van der Waals surface area (Å²) in [5, 5.41) is 3.43. The molecule has 0 bridgehead atoms. The third-order valence-corrected chi connectivity index (χ3v) is 3.40. The first kappa shape index (κ1) is 15.8. The predicted molar refractivity (Wildman–Crippen MR) is 78.9 cm³/mol. The lowest BCUT2D eigenvalue weighted by molar-refractivity contribution is 0.354. The molecule has 0 amide bonds. The highest BCUT2D eigenvalue weighted by Gasteiger charge is 2.07. The van der Waals surface area contributed by atoms with Crippen LogP contribution in [-0.2, 0) is 6.42 Å². The fourth-order valence-corrected chi connectivity index (χ4v) is 1.78. The van der Waals surface area contributed by atoms with E-state index in [2.05, 4.69) is 18.3 Å². The van der Waals surface area contributed by atoms with Crippen molar-refractivity contribution in [3.05, 3.63) is 23.8 Å². The quantitative estimate of drug-likeness (QED) is 0.705. The van der Waals surface area contributed by atoms with Gasteiger partial charge in [0, 0.05) is 6.04 Å². The van der Waals surface area contributed by atoms with Gasteiger partial charge >= 0.3 is 0 Å². The normalized spacial score (nSPS) is 13.9. The Bertz CT molecular complexity index is 380. The van der Waals surface area contributed by atoms with Crippen LogP contribution in [0.3, 0.4) is 0 Å². The van der Waals surface area contributed by atoms with Crippen molar-refractivity contribution in [1.82, 2.24) is 5.32 Å². The van der Waals surface area contributed by atoms with E-state index in [9.17, 15) is 0 Å². The second-order valence-electron chi connectivity index (χ2n) is 4.98. The van der Waals surface area contributed by atoms with Crippen molar-refractivity contribution in [2.24, 2.45) is 11.7 Å². The molecule has 1 aromatic rings. The SMILES string of the molecule is COc1ccc(CCNCC(C)C(C)N)cc1OC. The molecular formula is C15H26N2O2. The third-order valence-electron chi connectivity index (χ3n) is 3.40. The number of benzene rings is 1. The van der Waals surface area contributed by atoms with Crippen molar-refractivity contribution in [2.45, 2.75) is 26.3 Å². The highest BCUT2D eigenvalue weighted by Crippen LogP contribution is 2.27. The van der Waals surface area contributed by atoms with Crippen LogP contribution in [-0.4, -0.2) is 33.4 Å². The Morgan fingerprint density at radius 3 is 2.42 bits per heavy atom. The Balaban J connectivity index is 2.41. The summed E-state index contributed by atoms with van der Waals surface area (Å²) in [6, 6.07) is 6.26. The minimum atomic E-state index is 0.230.